The van der Waals surface area contributed by atoms with Crippen LogP contribution in [0.4, 0.5) is 5.69 Å². The van der Waals surface area contributed by atoms with Gasteiger partial charge in [-0.1, -0.05) is 6.07 Å². The Bertz CT molecular complexity index is 1020. The molecule has 0 aliphatic carbocycles. The average molecular weight is 395 g/mol. The second kappa shape index (κ2) is 7.69. The van der Waals surface area contributed by atoms with Crippen molar-refractivity contribution in [1.82, 2.24) is 14.8 Å². The van der Waals surface area contributed by atoms with E-state index in [0.29, 0.717) is 18.8 Å². The summed E-state index contributed by atoms with van der Waals surface area (Å²) in [6, 6.07) is 13.7. The number of rotatable bonds is 2. The van der Waals surface area contributed by atoms with E-state index in [1.165, 1.54) is 5.56 Å². The highest BCUT2D eigenvalue weighted by molar-refractivity contribution is 7.21. The fourth-order valence-corrected chi connectivity index (χ4v) is 4.26. The van der Waals surface area contributed by atoms with Crippen molar-refractivity contribution < 1.29 is 9.59 Å². The fraction of sp³-hybridized carbons (Fsp3) is 0.286. The molecular formula is C21H22N4O2S. The molecule has 0 unspecified atom stereocenters. The maximum absolute atomic E-state index is 12.3. The lowest BCUT2D eigenvalue weighted by Crippen LogP contribution is -2.50. The number of fused-ring (bicyclic) bond motifs is 1. The molecule has 2 aromatic carbocycles. The number of carbonyl (C=O) groups excluding carboxylic acids is 2. The largest absolute Gasteiger partial charge is 0.332 e. The Morgan fingerprint density at radius 2 is 1.75 bits per heavy atom. The van der Waals surface area contributed by atoms with Crippen LogP contribution in [0.3, 0.4) is 0 Å². The van der Waals surface area contributed by atoms with Gasteiger partial charge >= 0.3 is 11.8 Å². The van der Waals surface area contributed by atoms with Gasteiger partial charge in [-0.05, 0) is 55.9 Å². The van der Waals surface area contributed by atoms with E-state index < -0.39 is 11.8 Å². The molecule has 2 amide bonds. The summed E-state index contributed by atoms with van der Waals surface area (Å²) >= 11 is 1.64. The van der Waals surface area contributed by atoms with E-state index in [1.807, 2.05) is 37.4 Å². The normalized spacial score (nSPS) is 15.0. The van der Waals surface area contributed by atoms with Crippen molar-refractivity contribution in [2.75, 3.05) is 38.5 Å². The molecule has 0 atom stereocenters. The Morgan fingerprint density at radius 3 is 2.46 bits per heavy atom. The molecule has 7 heteroatoms. The van der Waals surface area contributed by atoms with Crippen molar-refractivity contribution in [3.05, 3.63) is 48.0 Å². The van der Waals surface area contributed by atoms with Gasteiger partial charge in [-0.3, -0.25) is 9.59 Å². The first-order valence-electron chi connectivity index (χ1n) is 9.26. The number of hydrogen-bond donors (Lipinski definition) is 1. The van der Waals surface area contributed by atoms with Gasteiger partial charge in [0.05, 0.1) is 10.2 Å². The Balaban J connectivity index is 1.44. The molecule has 28 heavy (non-hydrogen) atoms. The molecule has 1 aromatic heterocycles. The number of thiazole rings is 1. The van der Waals surface area contributed by atoms with Gasteiger partial charge in [0.25, 0.3) is 0 Å². The number of amides is 2. The van der Waals surface area contributed by atoms with Crippen molar-refractivity contribution in [3.63, 3.8) is 0 Å². The first-order valence-corrected chi connectivity index (χ1v) is 10.1. The number of likely N-dealkylation sites (N-methyl/N-ethyl adjacent to an activating group) is 1. The van der Waals surface area contributed by atoms with Crippen LogP contribution in [0, 0.1) is 6.92 Å². The van der Waals surface area contributed by atoms with Crippen molar-refractivity contribution in [1.29, 1.82) is 0 Å². The summed E-state index contributed by atoms with van der Waals surface area (Å²) in [4.78, 5) is 33.0. The third-order valence-electron chi connectivity index (χ3n) is 4.92. The van der Waals surface area contributed by atoms with Crippen molar-refractivity contribution in [2.45, 2.75) is 6.92 Å². The van der Waals surface area contributed by atoms with E-state index in [0.717, 1.165) is 33.9 Å². The third kappa shape index (κ3) is 3.90. The first-order chi connectivity index (χ1) is 13.5. The summed E-state index contributed by atoms with van der Waals surface area (Å²) in [7, 11) is 2.01. The number of piperazine rings is 1. The van der Waals surface area contributed by atoms with Crippen LogP contribution in [0.2, 0.25) is 0 Å². The van der Waals surface area contributed by atoms with Crippen LogP contribution in [0.15, 0.2) is 42.5 Å². The van der Waals surface area contributed by atoms with Crippen LogP contribution in [0.1, 0.15) is 5.56 Å². The second-order valence-electron chi connectivity index (χ2n) is 7.12. The summed E-state index contributed by atoms with van der Waals surface area (Å²) in [6.07, 6.45) is 0. The number of anilines is 1. The van der Waals surface area contributed by atoms with Crippen LogP contribution >= 0.6 is 11.3 Å². The first kappa shape index (κ1) is 18.6. The maximum Gasteiger partial charge on any atom is 0.313 e. The van der Waals surface area contributed by atoms with Crippen molar-refractivity contribution >= 4 is 39.1 Å². The lowest BCUT2D eigenvalue weighted by Gasteiger charge is -2.31. The van der Waals surface area contributed by atoms with E-state index in [4.69, 9.17) is 0 Å². The van der Waals surface area contributed by atoms with Crippen LogP contribution in [0.25, 0.3) is 20.8 Å². The SMILES string of the molecule is Cc1ccc2nc(-c3ccc(NC(=O)C(=O)N4CCN(C)CC4)cc3)sc2c1. The lowest BCUT2D eigenvalue weighted by atomic mass is 10.2. The van der Waals surface area contributed by atoms with Crippen molar-refractivity contribution in [2.24, 2.45) is 0 Å². The zero-order valence-corrected chi connectivity index (χ0v) is 16.8. The Kier molecular flexibility index (Phi) is 5.11. The van der Waals surface area contributed by atoms with Crippen LogP contribution in [-0.4, -0.2) is 59.8 Å². The molecular weight excluding hydrogens is 372 g/mol. The van der Waals surface area contributed by atoms with E-state index in [-0.39, 0.29) is 0 Å². The standard InChI is InChI=1S/C21H22N4O2S/c1-14-3-8-17-18(13-14)28-20(23-17)15-4-6-16(7-5-15)22-19(26)21(27)25-11-9-24(2)10-12-25/h3-8,13H,9-12H2,1-2H3,(H,22,26). The lowest BCUT2D eigenvalue weighted by molar-refractivity contribution is -0.144. The molecule has 1 aliphatic rings. The highest BCUT2D eigenvalue weighted by Crippen LogP contribution is 2.31. The topological polar surface area (TPSA) is 65.5 Å². The quantitative estimate of drug-likeness (QED) is 0.679. The smallest absolute Gasteiger partial charge is 0.313 e. The molecule has 0 bridgehead atoms. The van der Waals surface area contributed by atoms with Gasteiger partial charge in [0.1, 0.15) is 5.01 Å². The molecule has 0 saturated carbocycles. The van der Waals surface area contributed by atoms with Gasteiger partial charge in [0.15, 0.2) is 0 Å². The molecule has 6 nitrogen and oxygen atoms in total. The highest BCUT2D eigenvalue weighted by Gasteiger charge is 2.24. The van der Waals surface area contributed by atoms with Gasteiger partial charge in [-0.25, -0.2) is 4.98 Å². The molecule has 0 radical (unpaired) electrons. The van der Waals surface area contributed by atoms with Gasteiger partial charge in [-0.15, -0.1) is 11.3 Å². The minimum absolute atomic E-state index is 0.473. The molecule has 1 aliphatic heterocycles. The van der Waals surface area contributed by atoms with Gasteiger partial charge in [0, 0.05) is 37.4 Å². The number of nitrogens with one attached hydrogen (secondary N) is 1. The summed E-state index contributed by atoms with van der Waals surface area (Å²) in [5, 5.41) is 3.64. The van der Waals surface area contributed by atoms with E-state index in [1.54, 1.807) is 16.2 Å². The molecule has 1 N–H and O–H groups in total. The third-order valence-corrected chi connectivity index (χ3v) is 5.99. The number of aryl methyl sites for hydroxylation is 1. The van der Waals surface area contributed by atoms with Crippen LogP contribution in [-0.2, 0) is 9.59 Å². The fourth-order valence-electron chi connectivity index (χ4n) is 3.19. The molecule has 3 aromatic rings. The molecule has 144 valence electrons. The Morgan fingerprint density at radius 1 is 1.04 bits per heavy atom. The average Bonchev–Trinajstić information content (AvgIpc) is 3.11. The minimum atomic E-state index is -0.590. The van der Waals surface area contributed by atoms with Gasteiger partial charge < -0.3 is 15.1 Å². The molecule has 0 spiro atoms. The van der Waals surface area contributed by atoms with Gasteiger partial charge in [0.2, 0.25) is 0 Å². The molecule has 1 fully saturated rings. The Hall–Kier alpha value is -2.77. The second-order valence-corrected chi connectivity index (χ2v) is 8.15. The molecule has 1 saturated heterocycles. The molecule has 4 rings (SSSR count). The Labute approximate surface area is 167 Å². The number of hydrogen-bond acceptors (Lipinski definition) is 5. The highest BCUT2D eigenvalue weighted by atomic mass is 32.1. The van der Waals surface area contributed by atoms with E-state index >= 15 is 0 Å². The van der Waals surface area contributed by atoms with Crippen LogP contribution < -0.4 is 5.32 Å². The van der Waals surface area contributed by atoms with E-state index in [9.17, 15) is 9.59 Å². The summed E-state index contributed by atoms with van der Waals surface area (Å²) < 4.78 is 1.16. The van der Waals surface area contributed by atoms with Gasteiger partial charge in [-0.2, -0.15) is 0 Å². The minimum Gasteiger partial charge on any atom is -0.332 e. The monoisotopic (exact) mass is 394 g/mol. The van der Waals surface area contributed by atoms with Crippen molar-refractivity contribution in [3.8, 4) is 10.6 Å². The zero-order chi connectivity index (χ0) is 19.7. The zero-order valence-electron chi connectivity index (χ0n) is 15.9. The maximum atomic E-state index is 12.3. The summed E-state index contributed by atoms with van der Waals surface area (Å²) in [5.74, 6) is -1.06. The summed E-state index contributed by atoms with van der Waals surface area (Å²) in [5.41, 5.74) is 3.79. The number of aromatic nitrogens is 1. The van der Waals surface area contributed by atoms with Crippen LogP contribution in [0.5, 0.6) is 0 Å². The predicted octanol–water partition coefficient (Wildman–Crippen LogP) is 2.98. The summed E-state index contributed by atoms with van der Waals surface area (Å²) in [6.45, 7) is 4.81. The number of carbonyl (C=O) groups is 2. The number of nitrogens with zero attached hydrogens (tertiary/aromatic N) is 3. The van der Waals surface area contributed by atoms with E-state index in [2.05, 4.69) is 34.3 Å². The molecule has 2 heterocycles. The number of benzene rings is 2. The predicted molar refractivity (Wildman–Crippen MR) is 112 cm³/mol.